The summed E-state index contributed by atoms with van der Waals surface area (Å²) in [6, 6.07) is 4.20. The van der Waals surface area contributed by atoms with Crippen LogP contribution in [0.5, 0.6) is 6.01 Å². The van der Waals surface area contributed by atoms with E-state index in [-0.39, 0.29) is 18.5 Å². The Morgan fingerprint density at radius 3 is 2.77 bits per heavy atom. The molecule has 3 aromatic rings. The molecule has 0 bridgehead atoms. The standard InChI is InChI=1S/C19H18F3N5O2S/c1-12-15(30-18(24-12)26-8-2-3-9-26)16(28)27-10-4-5-13(11-27)29-17-23-7-6-14(25-17)19(20,21)22/h2-3,6-9,13H,4-5,10-11H2,1H3. The Kier molecular flexibility index (Phi) is 5.46. The molecule has 0 aliphatic carbocycles. The number of likely N-dealkylation sites (tertiary alicyclic amines) is 1. The summed E-state index contributed by atoms with van der Waals surface area (Å²) in [5.74, 6) is -0.165. The predicted octanol–water partition coefficient (Wildman–Crippen LogP) is 3.73. The number of alkyl halides is 3. The highest BCUT2D eigenvalue weighted by atomic mass is 32.1. The van der Waals surface area contributed by atoms with E-state index in [4.69, 9.17) is 4.74 Å². The van der Waals surface area contributed by atoms with Gasteiger partial charge in [0.2, 0.25) is 0 Å². The first kappa shape index (κ1) is 20.3. The number of hydrogen-bond donors (Lipinski definition) is 0. The number of aryl methyl sites for hydroxylation is 1. The van der Waals surface area contributed by atoms with Crippen LogP contribution in [0.25, 0.3) is 5.13 Å². The van der Waals surface area contributed by atoms with Crippen molar-refractivity contribution in [3.63, 3.8) is 0 Å². The van der Waals surface area contributed by atoms with Crippen LogP contribution in [-0.2, 0) is 6.18 Å². The molecule has 1 amide bonds. The molecule has 1 unspecified atom stereocenters. The maximum atomic E-state index is 13.0. The van der Waals surface area contributed by atoms with Crippen molar-refractivity contribution in [2.45, 2.75) is 32.0 Å². The van der Waals surface area contributed by atoms with Crippen molar-refractivity contribution in [1.82, 2.24) is 24.4 Å². The van der Waals surface area contributed by atoms with E-state index in [0.29, 0.717) is 35.1 Å². The number of aromatic nitrogens is 4. The number of amides is 1. The first-order chi connectivity index (χ1) is 14.3. The monoisotopic (exact) mass is 437 g/mol. The summed E-state index contributed by atoms with van der Waals surface area (Å²) >= 11 is 1.30. The van der Waals surface area contributed by atoms with Crippen LogP contribution in [0.1, 0.15) is 33.9 Å². The minimum atomic E-state index is -4.57. The smallest absolute Gasteiger partial charge is 0.433 e. The van der Waals surface area contributed by atoms with E-state index in [1.807, 2.05) is 29.1 Å². The van der Waals surface area contributed by atoms with Crippen LogP contribution in [0.4, 0.5) is 13.2 Å². The van der Waals surface area contributed by atoms with Gasteiger partial charge in [-0.05, 0) is 38.0 Å². The topological polar surface area (TPSA) is 73.1 Å². The third kappa shape index (κ3) is 4.30. The third-order valence-electron chi connectivity index (χ3n) is 4.67. The summed E-state index contributed by atoms with van der Waals surface area (Å²) in [6.45, 7) is 2.57. The van der Waals surface area contributed by atoms with E-state index >= 15 is 0 Å². The van der Waals surface area contributed by atoms with Crippen LogP contribution in [-0.4, -0.2) is 49.5 Å². The predicted molar refractivity (Wildman–Crippen MR) is 103 cm³/mol. The number of carbonyl (C=O) groups excluding carboxylic acids is 1. The molecule has 1 fully saturated rings. The lowest BCUT2D eigenvalue weighted by molar-refractivity contribution is -0.141. The quantitative estimate of drug-likeness (QED) is 0.622. The Bertz CT molecular complexity index is 1040. The number of halogens is 3. The van der Waals surface area contributed by atoms with Crippen molar-refractivity contribution in [2.75, 3.05) is 13.1 Å². The van der Waals surface area contributed by atoms with E-state index < -0.39 is 18.0 Å². The number of rotatable bonds is 4. The lowest BCUT2D eigenvalue weighted by Crippen LogP contribution is -2.44. The minimum absolute atomic E-state index is 0.165. The number of carbonyl (C=O) groups is 1. The number of piperidine rings is 1. The highest BCUT2D eigenvalue weighted by molar-refractivity contribution is 7.16. The summed E-state index contributed by atoms with van der Waals surface area (Å²) in [5.41, 5.74) is -0.424. The zero-order chi connectivity index (χ0) is 21.3. The fourth-order valence-electron chi connectivity index (χ4n) is 3.22. The van der Waals surface area contributed by atoms with E-state index in [1.54, 1.807) is 11.8 Å². The second-order valence-corrected chi connectivity index (χ2v) is 7.83. The summed E-state index contributed by atoms with van der Waals surface area (Å²) in [7, 11) is 0. The van der Waals surface area contributed by atoms with E-state index in [1.165, 1.54) is 11.3 Å². The van der Waals surface area contributed by atoms with Gasteiger partial charge in [0.1, 0.15) is 11.0 Å². The Hall–Kier alpha value is -2.95. The average molecular weight is 437 g/mol. The molecule has 4 rings (SSSR count). The van der Waals surface area contributed by atoms with Gasteiger partial charge in [0, 0.05) is 25.1 Å². The maximum Gasteiger partial charge on any atom is 0.433 e. The Labute approximate surface area is 174 Å². The molecule has 0 spiro atoms. The molecule has 0 saturated carbocycles. The third-order valence-corrected chi connectivity index (χ3v) is 5.83. The van der Waals surface area contributed by atoms with E-state index in [9.17, 15) is 18.0 Å². The number of thiazole rings is 1. The largest absolute Gasteiger partial charge is 0.458 e. The zero-order valence-electron chi connectivity index (χ0n) is 16.0. The highest BCUT2D eigenvalue weighted by Gasteiger charge is 2.34. The van der Waals surface area contributed by atoms with Crippen LogP contribution >= 0.6 is 11.3 Å². The molecule has 30 heavy (non-hydrogen) atoms. The molecule has 158 valence electrons. The van der Waals surface area contributed by atoms with Gasteiger partial charge in [-0.1, -0.05) is 11.3 Å². The maximum absolute atomic E-state index is 13.0. The van der Waals surface area contributed by atoms with Crippen molar-refractivity contribution in [1.29, 1.82) is 0 Å². The fraction of sp³-hybridized carbons (Fsp3) is 0.368. The van der Waals surface area contributed by atoms with E-state index in [0.717, 1.165) is 12.3 Å². The highest BCUT2D eigenvalue weighted by Crippen LogP contribution is 2.29. The molecule has 7 nitrogen and oxygen atoms in total. The van der Waals surface area contributed by atoms with Gasteiger partial charge in [0.15, 0.2) is 10.8 Å². The average Bonchev–Trinajstić information content (AvgIpc) is 3.37. The molecule has 1 atom stereocenters. The van der Waals surface area contributed by atoms with Crippen molar-refractivity contribution >= 4 is 17.2 Å². The molecule has 0 aromatic carbocycles. The van der Waals surface area contributed by atoms with Crippen LogP contribution in [0.2, 0.25) is 0 Å². The van der Waals surface area contributed by atoms with Gasteiger partial charge in [-0.2, -0.15) is 18.2 Å². The molecule has 3 aromatic heterocycles. The van der Waals surface area contributed by atoms with Gasteiger partial charge in [0.25, 0.3) is 5.91 Å². The molecule has 0 N–H and O–H groups in total. The van der Waals surface area contributed by atoms with Crippen molar-refractivity contribution < 1.29 is 22.7 Å². The zero-order valence-corrected chi connectivity index (χ0v) is 16.8. The lowest BCUT2D eigenvalue weighted by Gasteiger charge is -2.32. The Morgan fingerprint density at radius 1 is 1.27 bits per heavy atom. The SMILES string of the molecule is Cc1nc(-n2cccc2)sc1C(=O)N1CCCC(Oc2nccc(C(F)(F)F)n2)C1. The molecule has 4 heterocycles. The van der Waals surface area contributed by atoms with Gasteiger partial charge >= 0.3 is 12.2 Å². The first-order valence-corrected chi connectivity index (χ1v) is 10.1. The van der Waals surface area contributed by atoms with Gasteiger partial charge < -0.3 is 14.2 Å². The molecule has 11 heteroatoms. The lowest BCUT2D eigenvalue weighted by atomic mass is 10.1. The number of hydrogen-bond acceptors (Lipinski definition) is 6. The Morgan fingerprint density at radius 2 is 2.03 bits per heavy atom. The van der Waals surface area contributed by atoms with Crippen molar-refractivity contribution in [2.24, 2.45) is 0 Å². The number of nitrogens with zero attached hydrogens (tertiary/aromatic N) is 5. The summed E-state index contributed by atoms with van der Waals surface area (Å²) in [4.78, 5) is 26.9. The van der Waals surface area contributed by atoms with Crippen molar-refractivity contribution in [3.05, 3.63) is 53.1 Å². The van der Waals surface area contributed by atoms with E-state index in [2.05, 4.69) is 15.0 Å². The molecular weight excluding hydrogens is 419 g/mol. The first-order valence-electron chi connectivity index (χ1n) is 9.28. The minimum Gasteiger partial charge on any atom is -0.458 e. The molecule has 0 radical (unpaired) electrons. The summed E-state index contributed by atoms with van der Waals surface area (Å²) in [5, 5.41) is 0.697. The second-order valence-electron chi connectivity index (χ2n) is 6.86. The molecular formula is C19H18F3N5O2S. The molecule has 1 aliphatic rings. The van der Waals surface area contributed by atoms with Crippen LogP contribution in [0.15, 0.2) is 36.8 Å². The van der Waals surface area contributed by atoms with Gasteiger partial charge in [-0.15, -0.1) is 0 Å². The summed E-state index contributed by atoms with van der Waals surface area (Å²) in [6.07, 6.45) is 0.927. The van der Waals surface area contributed by atoms with Crippen LogP contribution in [0.3, 0.4) is 0 Å². The van der Waals surface area contributed by atoms with Crippen LogP contribution < -0.4 is 4.74 Å². The Balaban J connectivity index is 1.46. The van der Waals surface area contributed by atoms with Crippen LogP contribution in [0, 0.1) is 6.92 Å². The van der Waals surface area contributed by atoms with Crippen molar-refractivity contribution in [3.8, 4) is 11.1 Å². The fourth-order valence-corrected chi connectivity index (χ4v) is 4.22. The van der Waals surface area contributed by atoms with Gasteiger partial charge in [0.05, 0.1) is 12.2 Å². The molecule has 1 aliphatic heterocycles. The summed E-state index contributed by atoms with van der Waals surface area (Å²) < 4.78 is 45.9. The normalized spacial score (nSPS) is 17.2. The molecule has 1 saturated heterocycles. The van der Waals surface area contributed by atoms with Gasteiger partial charge in [-0.3, -0.25) is 4.79 Å². The second kappa shape index (κ2) is 8.05. The van der Waals surface area contributed by atoms with Gasteiger partial charge in [-0.25, -0.2) is 9.97 Å². The number of ether oxygens (including phenoxy) is 1.